The van der Waals surface area contributed by atoms with Crippen molar-refractivity contribution in [3.05, 3.63) is 53.9 Å². The van der Waals surface area contributed by atoms with Gasteiger partial charge in [0.15, 0.2) is 0 Å². The normalized spacial score (nSPS) is 10.7. The summed E-state index contributed by atoms with van der Waals surface area (Å²) in [4.78, 5) is 31.4. The van der Waals surface area contributed by atoms with Crippen molar-refractivity contribution in [1.29, 1.82) is 0 Å². The van der Waals surface area contributed by atoms with Crippen LogP contribution in [-0.4, -0.2) is 54.2 Å². The summed E-state index contributed by atoms with van der Waals surface area (Å²) in [5.41, 5.74) is 2.50. The molecule has 0 fully saturated rings. The smallest absolute Gasteiger partial charge is 0.325 e. The number of imidazole rings is 1. The van der Waals surface area contributed by atoms with Crippen LogP contribution in [0, 0.1) is 0 Å². The third-order valence-corrected chi connectivity index (χ3v) is 5.03. The largest absolute Gasteiger partial charge is 0.497 e. The van der Waals surface area contributed by atoms with E-state index in [1.54, 1.807) is 20.3 Å². The van der Waals surface area contributed by atoms with E-state index in [2.05, 4.69) is 4.98 Å². The minimum atomic E-state index is -0.491. The Morgan fingerprint density at radius 2 is 1.71 bits per heavy atom. The molecule has 31 heavy (non-hydrogen) atoms. The second-order valence-corrected chi connectivity index (χ2v) is 7.00. The lowest BCUT2D eigenvalue weighted by atomic mass is 10.2. The molecule has 2 aromatic carbocycles. The highest BCUT2D eigenvalue weighted by molar-refractivity contribution is 5.84. The molecular formula is C23H27N3O5. The molecule has 0 aliphatic heterocycles. The fraction of sp³-hybridized carbons (Fsp3) is 0.348. The second kappa shape index (κ2) is 9.97. The van der Waals surface area contributed by atoms with E-state index in [0.29, 0.717) is 17.9 Å². The first-order valence-corrected chi connectivity index (χ1v) is 9.99. The minimum Gasteiger partial charge on any atom is -0.497 e. The molecule has 0 N–H and O–H groups in total. The zero-order chi connectivity index (χ0) is 22.4. The van der Waals surface area contributed by atoms with Gasteiger partial charge < -0.3 is 23.7 Å². The number of methoxy groups -OCH3 is 3. The highest BCUT2D eigenvalue weighted by Gasteiger charge is 2.21. The SMILES string of the molecule is CCc1nc2ccccc2n1CC(=O)N(CC(=O)OC)Cc1cc(OC)cc(OC)c1. The van der Waals surface area contributed by atoms with Crippen molar-refractivity contribution in [3.63, 3.8) is 0 Å². The summed E-state index contributed by atoms with van der Waals surface area (Å²) in [6, 6.07) is 13.1. The van der Waals surface area contributed by atoms with E-state index in [1.807, 2.05) is 47.9 Å². The van der Waals surface area contributed by atoms with Gasteiger partial charge in [0.1, 0.15) is 30.4 Å². The first-order chi connectivity index (χ1) is 15.0. The number of nitrogens with zero attached hydrogens (tertiary/aromatic N) is 3. The Labute approximate surface area is 181 Å². The molecule has 0 atom stereocenters. The van der Waals surface area contributed by atoms with Gasteiger partial charge in [-0.05, 0) is 29.8 Å². The van der Waals surface area contributed by atoms with Crippen molar-refractivity contribution in [2.75, 3.05) is 27.9 Å². The maximum Gasteiger partial charge on any atom is 0.325 e. The molecule has 3 aromatic rings. The molecule has 0 saturated carbocycles. The van der Waals surface area contributed by atoms with Crippen LogP contribution in [0.15, 0.2) is 42.5 Å². The first-order valence-electron chi connectivity index (χ1n) is 9.99. The molecule has 0 saturated heterocycles. The van der Waals surface area contributed by atoms with Crippen LogP contribution in [0.1, 0.15) is 18.3 Å². The minimum absolute atomic E-state index is 0.0712. The molecule has 1 aromatic heterocycles. The first kappa shape index (κ1) is 22.1. The maximum atomic E-state index is 13.3. The number of aromatic nitrogens is 2. The lowest BCUT2D eigenvalue weighted by Gasteiger charge is -2.23. The summed E-state index contributed by atoms with van der Waals surface area (Å²) in [6.45, 7) is 2.11. The third kappa shape index (κ3) is 5.14. The fourth-order valence-corrected chi connectivity index (χ4v) is 3.44. The van der Waals surface area contributed by atoms with Gasteiger partial charge in [0.25, 0.3) is 0 Å². The van der Waals surface area contributed by atoms with Crippen molar-refractivity contribution in [2.45, 2.75) is 26.4 Å². The molecule has 0 aliphatic rings. The topological polar surface area (TPSA) is 82.9 Å². The van der Waals surface area contributed by atoms with E-state index in [9.17, 15) is 9.59 Å². The molecule has 0 spiro atoms. The van der Waals surface area contributed by atoms with E-state index >= 15 is 0 Å². The van der Waals surface area contributed by atoms with Crippen LogP contribution in [0.25, 0.3) is 11.0 Å². The van der Waals surface area contributed by atoms with Crippen molar-refractivity contribution >= 4 is 22.9 Å². The van der Waals surface area contributed by atoms with E-state index in [1.165, 1.54) is 12.0 Å². The van der Waals surface area contributed by atoms with E-state index < -0.39 is 5.97 Å². The van der Waals surface area contributed by atoms with Gasteiger partial charge in [0, 0.05) is 19.0 Å². The van der Waals surface area contributed by atoms with E-state index in [-0.39, 0.29) is 25.5 Å². The quantitative estimate of drug-likeness (QED) is 0.490. The van der Waals surface area contributed by atoms with Gasteiger partial charge in [0.2, 0.25) is 5.91 Å². The number of hydrogen-bond donors (Lipinski definition) is 0. The summed E-state index contributed by atoms with van der Waals surface area (Å²) >= 11 is 0. The monoisotopic (exact) mass is 425 g/mol. The molecule has 1 heterocycles. The zero-order valence-electron chi connectivity index (χ0n) is 18.3. The Balaban J connectivity index is 1.91. The summed E-state index contributed by atoms with van der Waals surface area (Å²) in [5.74, 6) is 1.32. The number of fused-ring (bicyclic) bond motifs is 1. The average molecular weight is 425 g/mol. The van der Waals surface area contributed by atoms with Crippen molar-refractivity contribution in [2.24, 2.45) is 0 Å². The molecule has 0 bridgehead atoms. The number of aryl methyl sites for hydroxylation is 1. The summed E-state index contributed by atoms with van der Waals surface area (Å²) in [5, 5.41) is 0. The number of para-hydroxylation sites is 2. The molecular weight excluding hydrogens is 398 g/mol. The van der Waals surface area contributed by atoms with Gasteiger partial charge in [-0.25, -0.2) is 4.98 Å². The van der Waals surface area contributed by atoms with Crippen LogP contribution >= 0.6 is 0 Å². The molecule has 8 nitrogen and oxygen atoms in total. The van der Waals surface area contributed by atoms with Gasteiger partial charge in [-0.3, -0.25) is 9.59 Å². The van der Waals surface area contributed by atoms with Gasteiger partial charge in [0.05, 0.1) is 32.4 Å². The van der Waals surface area contributed by atoms with Crippen LogP contribution in [-0.2, 0) is 33.8 Å². The highest BCUT2D eigenvalue weighted by atomic mass is 16.5. The number of carbonyl (C=O) groups is 2. The van der Waals surface area contributed by atoms with Gasteiger partial charge >= 0.3 is 5.97 Å². The Hall–Kier alpha value is -3.55. The lowest BCUT2D eigenvalue weighted by Crippen LogP contribution is -2.38. The number of esters is 1. The van der Waals surface area contributed by atoms with Crippen LogP contribution < -0.4 is 9.47 Å². The molecule has 164 valence electrons. The summed E-state index contributed by atoms with van der Waals surface area (Å²) in [7, 11) is 4.43. The van der Waals surface area contributed by atoms with Crippen molar-refractivity contribution in [3.8, 4) is 11.5 Å². The predicted octanol–water partition coefficient (Wildman–Crippen LogP) is 2.82. The Morgan fingerprint density at radius 1 is 1.03 bits per heavy atom. The number of carbonyl (C=O) groups excluding carboxylic acids is 2. The second-order valence-electron chi connectivity index (χ2n) is 7.00. The standard InChI is InChI=1S/C23H27N3O5/c1-5-21-24-19-8-6-7-9-20(19)26(21)14-22(27)25(15-23(28)31-4)13-16-10-17(29-2)12-18(11-16)30-3/h6-12H,5,13-15H2,1-4H3. The van der Waals surface area contributed by atoms with Crippen molar-refractivity contribution < 1.29 is 23.8 Å². The van der Waals surface area contributed by atoms with Crippen LogP contribution in [0.3, 0.4) is 0 Å². The van der Waals surface area contributed by atoms with Gasteiger partial charge in [-0.15, -0.1) is 0 Å². The van der Waals surface area contributed by atoms with Gasteiger partial charge in [-0.1, -0.05) is 19.1 Å². The van der Waals surface area contributed by atoms with Crippen molar-refractivity contribution in [1.82, 2.24) is 14.5 Å². The molecule has 0 radical (unpaired) electrons. The molecule has 0 aliphatic carbocycles. The predicted molar refractivity (Wildman–Crippen MR) is 116 cm³/mol. The Bertz CT molecular complexity index is 1050. The maximum absolute atomic E-state index is 13.3. The summed E-state index contributed by atoms with van der Waals surface area (Å²) in [6.07, 6.45) is 0.687. The third-order valence-electron chi connectivity index (χ3n) is 5.03. The summed E-state index contributed by atoms with van der Waals surface area (Å²) < 4.78 is 17.3. The number of rotatable bonds is 9. The Kier molecular flexibility index (Phi) is 7.12. The molecule has 3 rings (SSSR count). The fourth-order valence-electron chi connectivity index (χ4n) is 3.44. The van der Waals surface area contributed by atoms with E-state index in [0.717, 1.165) is 22.4 Å². The van der Waals surface area contributed by atoms with Crippen LogP contribution in [0.5, 0.6) is 11.5 Å². The number of benzene rings is 2. The van der Waals surface area contributed by atoms with Crippen LogP contribution in [0.4, 0.5) is 0 Å². The number of hydrogen-bond acceptors (Lipinski definition) is 6. The average Bonchev–Trinajstić information content (AvgIpc) is 3.15. The van der Waals surface area contributed by atoms with E-state index in [4.69, 9.17) is 14.2 Å². The van der Waals surface area contributed by atoms with Gasteiger partial charge in [-0.2, -0.15) is 0 Å². The Morgan fingerprint density at radius 3 is 2.32 bits per heavy atom. The van der Waals surface area contributed by atoms with Crippen LogP contribution in [0.2, 0.25) is 0 Å². The molecule has 8 heteroatoms. The lowest BCUT2D eigenvalue weighted by molar-refractivity contribution is -0.147. The number of ether oxygens (including phenoxy) is 3. The number of amides is 1. The zero-order valence-corrected chi connectivity index (χ0v) is 18.3. The molecule has 1 amide bonds. The molecule has 0 unspecified atom stereocenters. The highest BCUT2D eigenvalue weighted by Crippen LogP contribution is 2.24.